The van der Waals surface area contributed by atoms with Crippen LogP contribution in [-0.2, 0) is 4.79 Å². The van der Waals surface area contributed by atoms with Crippen LogP contribution in [-0.4, -0.2) is 16.1 Å². The third-order valence-corrected chi connectivity index (χ3v) is 3.23. The summed E-state index contributed by atoms with van der Waals surface area (Å²) < 4.78 is 0. The maximum absolute atomic E-state index is 11.8. The molecule has 0 atom stereocenters. The zero-order valence-corrected chi connectivity index (χ0v) is 11.6. The number of rotatable bonds is 3. The maximum atomic E-state index is 11.8. The number of anilines is 1. The van der Waals surface area contributed by atoms with Gasteiger partial charge in [-0.1, -0.05) is 26.8 Å². The highest BCUT2D eigenvalue weighted by atomic mass is 32.1. The second kappa shape index (κ2) is 4.94. The Morgan fingerprint density at radius 1 is 1.50 bits per heavy atom. The van der Waals surface area contributed by atoms with Gasteiger partial charge in [0.1, 0.15) is 0 Å². The van der Waals surface area contributed by atoms with Crippen molar-refractivity contribution in [3.05, 3.63) is 23.6 Å². The van der Waals surface area contributed by atoms with E-state index in [9.17, 15) is 4.79 Å². The molecule has 0 aliphatic carbocycles. The van der Waals surface area contributed by atoms with Gasteiger partial charge in [0, 0.05) is 12.5 Å². The van der Waals surface area contributed by atoms with Gasteiger partial charge >= 0.3 is 0 Å². The molecular formula is C13H17N3OS. The van der Waals surface area contributed by atoms with Gasteiger partial charge in [0.25, 0.3) is 0 Å². The van der Waals surface area contributed by atoms with E-state index in [1.807, 2.05) is 44.4 Å². The number of carbonyl (C=O) groups excluding carboxylic acids is 1. The maximum Gasteiger partial charge on any atom is 0.226 e. The lowest BCUT2D eigenvalue weighted by atomic mass is 9.92. The molecule has 0 saturated heterocycles. The summed E-state index contributed by atoms with van der Waals surface area (Å²) in [5, 5.41) is 11.8. The normalized spacial score (nSPS) is 11.5. The Morgan fingerprint density at radius 3 is 2.89 bits per heavy atom. The van der Waals surface area contributed by atoms with Crippen LogP contribution in [0, 0.1) is 5.41 Å². The number of nitrogens with zero attached hydrogens (tertiary/aromatic N) is 1. The third kappa shape index (κ3) is 3.43. The number of aromatic amines is 1. The van der Waals surface area contributed by atoms with Crippen molar-refractivity contribution in [3.8, 4) is 10.6 Å². The SMILES string of the molecule is CC(C)(C)CC(=O)Nc1cc(-c2cccs2)[nH]n1. The molecule has 0 radical (unpaired) electrons. The van der Waals surface area contributed by atoms with Crippen molar-refractivity contribution in [2.75, 3.05) is 5.32 Å². The minimum Gasteiger partial charge on any atom is -0.309 e. The van der Waals surface area contributed by atoms with Crippen LogP contribution in [0.15, 0.2) is 23.6 Å². The minimum atomic E-state index is -0.0169. The van der Waals surface area contributed by atoms with E-state index in [4.69, 9.17) is 0 Å². The first-order valence-electron chi connectivity index (χ1n) is 5.83. The fourth-order valence-corrected chi connectivity index (χ4v) is 2.30. The molecule has 0 aliphatic heterocycles. The lowest BCUT2D eigenvalue weighted by Gasteiger charge is -2.16. The molecule has 2 aromatic rings. The van der Waals surface area contributed by atoms with Gasteiger partial charge in [-0.2, -0.15) is 5.10 Å². The van der Waals surface area contributed by atoms with Gasteiger partial charge < -0.3 is 5.32 Å². The molecule has 2 rings (SSSR count). The number of amides is 1. The largest absolute Gasteiger partial charge is 0.309 e. The van der Waals surface area contributed by atoms with E-state index in [2.05, 4.69) is 15.5 Å². The van der Waals surface area contributed by atoms with Crippen molar-refractivity contribution < 1.29 is 4.79 Å². The van der Waals surface area contributed by atoms with E-state index < -0.39 is 0 Å². The topological polar surface area (TPSA) is 57.8 Å². The number of thiophene rings is 1. The van der Waals surface area contributed by atoms with E-state index in [1.165, 1.54) is 0 Å². The number of H-pyrrole nitrogens is 1. The van der Waals surface area contributed by atoms with E-state index in [0.29, 0.717) is 12.2 Å². The molecule has 0 bridgehead atoms. The summed E-state index contributed by atoms with van der Waals surface area (Å²) in [4.78, 5) is 12.9. The number of nitrogens with one attached hydrogen (secondary N) is 2. The molecule has 5 heteroatoms. The van der Waals surface area contributed by atoms with Crippen molar-refractivity contribution >= 4 is 23.1 Å². The van der Waals surface area contributed by atoms with Gasteiger partial charge in [0.15, 0.2) is 5.82 Å². The van der Waals surface area contributed by atoms with Crippen molar-refractivity contribution in [3.63, 3.8) is 0 Å². The summed E-state index contributed by atoms with van der Waals surface area (Å²) in [6.45, 7) is 6.11. The average Bonchev–Trinajstić information content (AvgIpc) is 2.82. The first-order chi connectivity index (χ1) is 8.44. The predicted molar refractivity (Wildman–Crippen MR) is 74.6 cm³/mol. The van der Waals surface area contributed by atoms with E-state index >= 15 is 0 Å². The van der Waals surface area contributed by atoms with Crippen LogP contribution in [0.2, 0.25) is 0 Å². The smallest absolute Gasteiger partial charge is 0.226 e. The second-order valence-electron chi connectivity index (χ2n) is 5.43. The van der Waals surface area contributed by atoms with Crippen molar-refractivity contribution in [1.29, 1.82) is 0 Å². The second-order valence-corrected chi connectivity index (χ2v) is 6.38. The third-order valence-electron chi connectivity index (χ3n) is 2.32. The molecule has 2 N–H and O–H groups in total. The molecule has 1 amide bonds. The molecule has 0 spiro atoms. The fraction of sp³-hybridized carbons (Fsp3) is 0.385. The summed E-state index contributed by atoms with van der Waals surface area (Å²) >= 11 is 1.63. The van der Waals surface area contributed by atoms with Gasteiger partial charge in [-0.3, -0.25) is 9.89 Å². The van der Waals surface area contributed by atoms with Crippen molar-refractivity contribution in [2.24, 2.45) is 5.41 Å². The zero-order chi connectivity index (χ0) is 13.2. The van der Waals surface area contributed by atoms with Gasteiger partial charge in [-0.15, -0.1) is 11.3 Å². The van der Waals surface area contributed by atoms with Crippen LogP contribution >= 0.6 is 11.3 Å². The van der Waals surface area contributed by atoms with Crippen LogP contribution < -0.4 is 5.32 Å². The van der Waals surface area contributed by atoms with Gasteiger partial charge in [-0.25, -0.2) is 0 Å². The molecule has 0 aliphatic rings. The lowest BCUT2D eigenvalue weighted by molar-refractivity contribution is -0.117. The first-order valence-corrected chi connectivity index (χ1v) is 6.71. The Morgan fingerprint density at radius 2 is 2.28 bits per heavy atom. The predicted octanol–water partition coefficient (Wildman–Crippen LogP) is 3.51. The van der Waals surface area contributed by atoms with Crippen LogP contribution in [0.25, 0.3) is 10.6 Å². The highest BCUT2D eigenvalue weighted by molar-refractivity contribution is 7.13. The lowest BCUT2D eigenvalue weighted by Crippen LogP contribution is -2.19. The number of carbonyl (C=O) groups is 1. The molecule has 96 valence electrons. The van der Waals surface area contributed by atoms with E-state index in [1.54, 1.807) is 11.3 Å². The molecule has 18 heavy (non-hydrogen) atoms. The summed E-state index contributed by atoms with van der Waals surface area (Å²) in [6, 6.07) is 5.85. The molecule has 2 aromatic heterocycles. The quantitative estimate of drug-likeness (QED) is 0.890. The summed E-state index contributed by atoms with van der Waals surface area (Å²) in [5.74, 6) is 0.569. The summed E-state index contributed by atoms with van der Waals surface area (Å²) in [7, 11) is 0. The standard InChI is InChI=1S/C13H17N3OS/c1-13(2,3)8-12(17)14-11-7-9(15-16-11)10-5-4-6-18-10/h4-7H,8H2,1-3H3,(H2,14,15,16,17). The molecule has 2 heterocycles. The zero-order valence-electron chi connectivity index (χ0n) is 10.8. The van der Waals surface area contributed by atoms with E-state index in [0.717, 1.165) is 10.6 Å². The number of aromatic nitrogens is 2. The van der Waals surface area contributed by atoms with Gasteiger partial charge in [0.2, 0.25) is 5.91 Å². The molecular weight excluding hydrogens is 246 g/mol. The molecule has 0 aromatic carbocycles. The molecule has 0 fully saturated rings. The molecule has 0 unspecified atom stereocenters. The fourth-order valence-electron chi connectivity index (χ4n) is 1.61. The van der Waals surface area contributed by atoms with E-state index in [-0.39, 0.29) is 11.3 Å². The highest BCUT2D eigenvalue weighted by Gasteiger charge is 2.16. The van der Waals surface area contributed by atoms with Crippen LogP contribution in [0.1, 0.15) is 27.2 Å². The summed E-state index contributed by atoms with van der Waals surface area (Å²) in [6.07, 6.45) is 0.480. The number of hydrogen-bond acceptors (Lipinski definition) is 3. The Balaban J connectivity index is 2.01. The highest BCUT2D eigenvalue weighted by Crippen LogP contribution is 2.25. The monoisotopic (exact) mass is 263 g/mol. The number of hydrogen-bond donors (Lipinski definition) is 2. The summed E-state index contributed by atoms with van der Waals surface area (Å²) in [5.41, 5.74) is 0.910. The van der Waals surface area contributed by atoms with Gasteiger partial charge in [0.05, 0.1) is 10.6 Å². The average molecular weight is 263 g/mol. The minimum absolute atomic E-state index is 0.00766. The molecule has 0 saturated carbocycles. The van der Waals surface area contributed by atoms with Crippen molar-refractivity contribution in [1.82, 2.24) is 10.2 Å². The Kier molecular flexibility index (Phi) is 3.52. The Labute approximate surface area is 110 Å². The van der Waals surface area contributed by atoms with Crippen LogP contribution in [0.5, 0.6) is 0 Å². The Hall–Kier alpha value is -1.62. The first kappa shape index (κ1) is 12.8. The van der Waals surface area contributed by atoms with Crippen LogP contribution in [0.3, 0.4) is 0 Å². The molecule has 4 nitrogen and oxygen atoms in total. The van der Waals surface area contributed by atoms with Crippen molar-refractivity contribution in [2.45, 2.75) is 27.2 Å². The van der Waals surface area contributed by atoms with Crippen LogP contribution in [0.4, 0.5) is 5.82 Å². The van der Waals surface area contributed by atoms with Gasteiger partial charge in [-0.05, 0) is 16.9 Å². The Bertz CT molecular complexity index is 523.